The predicted molar refractivity (Wildman–Crippen MR) is 104 cm³/mol. The van der Waals surface area contributed by atoms with Gasteiger partial charge in [-0.25, -0.2) is 0 Å². The second kappa shape index (κ2) is 6.81. The molecule has 0 aromatic heterocycles. The van der Waals surface area contributed by atoms with E-state index in [1.165, 1.54) is 16.7 Å². The van der Waals surface area contributed by atoms with Crippen molar-refractivity contribution in [3.63, 3.8) is 0 Å². The van der Waals surface area contributed by atoms with Crippen LogP contribution in [0.15, 0.2) is 49.0 Å². The third-order valence-corrected chi connectivity index (χ3v) is 4.69. The zero-order valence-electron chi connectivity index (χ0n) is 15.5. The van der Waals surface area contributed by atoms with E-state index < -0.39 is 0 Å². The minimum Gasteiger partial charge on any atom is -0.497 e. The molecule has 4 heteroatoms. The molecule has 0 unspecified atom stereocenters. The average Bonchev–Trinajstić information content (AvgIpc) is 2.88. The van der Waals surface area contributed by atoms with Crippen molar-refractivity contribution in [1.82, 2.24) is 10.2 Å². The molecule has 0 saturated carbocycles. The smallest absolute Gasteiger partial charge is 0.120 e. The molecule has 1 aliphatic rings. The average molecular weight is 337 g/mol. The molecule has 2 N–H and O–H groups in total. The van der Waals surface area contributed by atoms with Gasteiger partial charge in [0.1, 0.15) is 5.75 Å². The van der Waals surface area contributed by atoms with Crippen LogP contribution in [0.5, 0.6) is 5.75 Å². The SMILES string of the molecule is C=C1c2cccc(CNC(C)(C)Nc3cccc(OC)c3)c2CN1C. The number of fused-ring (bicyclic) bond motifs is 1. The highest BCUT2D eigenvalue weighted by atomic mass is 16.5. The van der Waals surface area contributed by atoms with E-state index in [4.69, 9.17) is 4.74 Å². The van der Waals surface area contributed by atoms with Gasteiger partial charge in [-0.15, -0.1) is 0 Å². The monoisotopic (exact) mass is 337 g/mol. The summed E-state index contributed by atoms with van der Waals surface area (Å²) in [5.74, 6) is 0.850. The maximum atomic E-state index is 5.30. The lowest BCUT2D eigenvalue weighted by Gasteiger charge is -2.29. The Morgan fingerprint density at radius 1 is 1.20 bits per heavy atom. The lowest BCUT2D eigenvalue weighted by Crippen LogP contribution is -2.46. The second-order valence-electron chi connectivity index (χ2n) is 7.08. The first-order chi connectivity index (χ1) is 11.9. The van der Waals surface area contributed by atoms with E-state index in [0.29, 0.717) is 0 Å². The van der Waals surface area contributed by atoms with Crippen molar-refractivity contribution in [2.45, 2.75) is 32.6 Å². The normalized spacial score (nSPS) is 13.8. The number of hydrogen-bond acceptors (Lipinski definition) is 4. The fraction of sp³-hybridized carbons (Fsp3) is 0.333. The molecule has 0 amide bonds. The van der Waals surface area contributed by atoms with Crippen molar-refractivity contribution in [2.75, 3.05) is 19.5 Å². The number of benzene rings is 2. The summed E-state index contributed by atoms with van der Waals surface area (Å²) in [7, 11) is 3.77. The van der Waals surface area contributed by atoms with Crippen molar-refractivity contribution in [3.05, 3.63) is 65.7 Å². The molecule has 1 aliphatic heterocycles. The summed E-state index contributed by atoms with van der Waals surface area (Å²) < 4.78 is 5.30. The molecule has 0 atom stereocenters. The number of ether oxygens (including phenoxy) is 1. The Morgan fingerprint density at radius 3 is 2.72 bits per heavy atom. The number of nitrogens with one attached hydrogen (secondary N) is 2. The van der Waals surface area contributed by atoms with E-state index in [1.807, 2.05) is 24.3 Å². The minimum atomic E-state index is -0.253. The maximum absolute atomic E-state index is 5.30. The Morgan fingerprint density at radius 2 is 1.96 bits per heavy atom. The Kier molecular flexibility index (Phi) is 4.73. The maximum Gasteiger partial charge on any atom is 0.120 e. The van der Waals surface area contributed by atoms with Crippen molar-refractivity contribution < 1.29 is 4.74 Å². The van der Waals surface area contributed by atoms with Gasteiger partial charge in [-0.2, -0.15) is 0 Å². The van der Waals surface area contributed by atoms with Crippen molar-refractivity contribution >= 4 is 11.4 Å². The molecule has 0 spiro atoms. The van der Waals surface area contributed by atoms with Crippen LogP contribution >= 0.6 is 0 Å². The third-order valence-electron chi connectivity index (χ3n) is 4.69. The first-order valence-electron chi connectivity index (χ1n) is 8.58. The van der Waals surface area contributed by atoms with E-state index in [1.54, 1.807) is 7.11 Å². The summed E-state index contributed by atoms with van der Waals surface area (Å²) in [6.45, 7) is 10.2. The van der Waals surface area contributed by atoms with Crippen LogP contribution in [0.2, 0.25) is 0 Å². The van der Waals surface area contributed by atoms with Crippen molar-refractivity contribution in [2.24, 2.45) is 0 Å². The van der Waals surface area contributed by atoms with Gasteiger partial charge < -0.3 is 15.0 Å². The van der Waals surface area contributed by atoms with Gasteiger partial charge in [0.15, 0.2) is 0 Å². The lowest BCUT2D eigenvalue weighted by atomic mass is 10.0. The summed E-state index contributed by atoms with van der Waals surface area (Å²) in [5.41, 5.74) is 5.84. The zero-order valence-corrected chi connectivity index (χ0v) is 15.5. The number of anilines is 1. The molecule has 0 radical (unpaired) electrons. The molecule has 4 nitrogen and oxygen atoms in total. The molecule has 0 aliphatic carbocycles. The van der Waals surface area contributed by atoms with Crippen molar-refractivity contribution in [1.29, 1.82) is 0 Å². The number of nitrogens with zero attached hydrogens (tertiary/aromatic N) is 1. The van der Waals surface area contributed by atoms with E-state index in [9.17, 15) is 0 Å². The van der Waals surface area contributed by atoms with Gasteiger partial charge in [0.2, 0.25) is 0 Å². The molecular formula is C21H27N3O. The molecule has 132 valence electrons. The Labute approximate surface area is 150 Å². The third kappa shape index (κ3) is 3.80. The standard InChI is InChI=1S/C21H27N3O/c1-15-19-11-6-8-16(20(19)14-24(15)4)13-22-21(2,3)23-17-9-7-10-18(12-17)25-5/h6-12,22-23H,1,13-14H2,2-5H3. The Balaban J connectivity index is 1.70. The largest absolute Gasteiger partial charge is 0.497 e. The van der Waals surface area contributed by atoms with Gasteiger partial charge in [0.25, 0.3) is 0 Å². The van der Waals surface area contributed by atoms with E-state index in [0.717, 1.165) is 30.2 Å². The zero-order chi connectivity index (χ0) is 18.0. The number of hydrogen-bond donors (Lipinski definition) is 2. The molecule has 0 saturated heterocycles. The molecule has 0 bridgehead atoms. The number of rotatable bonds is 6. The minimum absolute atomic E-state index is 0.253. The van der Waals surface area contributed by atoms with Gasteiger partial charge in [-0.1, -0.05) is 30.8 Å². The summed E-state index contributed by atoms with van der Waals surface area (Å²) in [6, 6.07) is 14.5. The van der Waals surface area contributed by atoms with Gasteiger partial charge in [-0.05, 0) is 37.1 Å². The summed E-state index contributed by atoms with van der Waals surface area (Å²) in [4.78, 5) is 2.20. The van der Waals surface area contributed by atoms with E-state index in [2.05, 4.69) is 61.2 Å². The van der Waals surface area contributed by atoms with Crippen LogP contribution < -0.4 is 15.4 Å². The predicted octanol–water partition coefficient (Wildman–Crippen LogP) is 4.05. The molecule has 2 aromatic carbocycles. The molecule has 25 heavy (non-hydrogen) atoms. The van der Waals surface area contributed by atoms with Gasteiger partial charge >= 0.3 is 0 Å². The Bertz CT molecular complexity index is 782. The van der Waals surface area contributed by atoms with Crippen LogP contribution in [0.1, 0.15) is 30.5 Å². The molecule has 2 aromatic rings. The fourth-order valence-electron chi connectivity index (χ4n) is 3.22. The quantitative estimate of drug-likeness (QED) is 0.780. The first-order valence-corrected chi connectivity index (χ1v) is 8.58. The highest BCUT2D eigenvalue weighted by molar-refractivity contribution is 5.70. The van der Waals surface area contributed by atoms with Crippen LogP contribution in [0.4, 0.5) is 5.69 Å². The highest BCUT2D eigenvalue weighted by Gasteiger charge is 2.23. The lowest BCUT2D eigenvalue weighted by molar-refractivity contribution is 0.413. The van der Waals surface area contributed by atoms with Crippen LogP contribution in [-0.4, -0.2) is 24.7 Å². The van der Waals surface area contributed by atoms with Gasteiger partial charge in [0.05, 0.1) is 12.8 Å². The second-order valence-corrected chi connectivity index (χ2v) is 7.08. The molecule has 1 heterocycles. The molecule has 0 fully saturated rings. The van der Waals surface area contributed by atoms with E-state index >= 15 is 0 Å². The number of methoxy groups -OCH3 is 1. The van der Waals surface area contributed by atoms with Gasteiger partial charge in [0, 0.05) is 43.2 Å². The van der Waals surface area contributed by atoms with Crippen LogP contribution in [0, 0.1) is 0 Å². The van der Waals surface area contributed by atoms with Gasteiger partial charge in [-0.3, -0.25) is 5.32 Å². The Hall–Kier alpha value is -2.46. The van der Waals surface area contributed by atoms with E-state index in [-0.39, 0.29) is 5.66 Å². The summed E-state index contributed by atoms with van der Waals surface area (Å²) >= 11 is 0. The molecule has 3 rings (SSSR count). The molecular weight excluding hydrogens is 310 g/mol. The van der Waals surface area contributed by atoms with Crippen molar-refractivity contribution in [3.8, 4) is 5.75 Å². The van der Waals surface area contributed by atoms with Crippen LogP contribution in [0.3, 0.4) is 0 Å². The summed E-state index contributed by atoms with van der Waals surface area (Å²) in [5, 5.41) is 7.15. The van der Waals surface area contributed by atoms with Crippen LogP contribution in [0.25, 0.3) is 5.70 Å². The highest BCUT2D eigenvalue weighted by Crippen LogP contribution is 2.32. The first kappa shape index (κ1) is 17.4. The fourth-order valence-corrected chi connectivity index (χ4v) is 3.22. The van der Waals surface area contributed by atoms with Crippen LogP contribution in [-0.2, 0) is 13.1 Å². The topological polar surface area (TPSA) is 36.5 Å². The summed E-state index contributed by atoms with van der Waals surface area (Å²) in [6.07, 6.45) is 0.